The number of ether oxygens (including phenoxy) is 3. The summed E-state index contributed by atoms with van der Waals surface area (Å²) >= 11 is 0. The molecule has 0 spiro atoms. The van der Waals surface area contributed by atoms with Crippen molar-refractivity contribution in [3.8, 4) is 17.6 Å². The van der Waals surface area contributed by atoms with Crippen molar-refractivity contribution < 1.29 is 53.2 Å². The van der Waals surface area contributed by atoms with Gasteiger partial charge in [-0.2, -0.15) is 0 Å². The molecule has 0 saturated carbocycles. The highest BCUT2D eigenvalue weighted by molar-refractivity contribution is 5.95. The van der Waals surface area contributed by atoms with E-state index >= 15 is 0 Å². The molecule has 12 heteroatoms. The second-order valence-corrected chi connectivity index (χ2v) is 12.5. The van der Waals surface area contributed by atoms with Crippen molar-refractivity contribution in [2.75, 3.05) is 20.3 Å². The predicted octanol–water partition coefficient (Wildman–Crippen LogP) is 5.07. The number of ketones is 2. The number of hydrogen-bond donors (Lipinski definition) is 3. The van der Waals surface area contributed by atoms with Gasteiger partial charge in [-0.1, -0.05) is 75.7 Å². The van der Waals surface area contributed by atoms with Gasteiger partial charge in [0.15, 0.2) is 11.4 Å². The van der Waals surface area contributed by atoms with E-state index in [4.69, 9.17) is 14.2 Å². The highest BCUT2D eigenvalue weighted by Crippen LogP contribution is 2.26. The Morgan fingerprint density at radius 1 is 0.941 bits per heavy atom. The Morgan fingerprint density at radius 3 is 2.14 bits per heavy atom. The van der Waals surface area contributed by atoms with Gasteiger partial charge in [-0.15, -0.1) is 5.92 Å². The zero-order valence-corrected chi connectivity index (χ0v) is 30.5. The summed E-state index contributed by atoms with van der Waals surface area (Å²) in [5.74, 6) is -0.968. The zero-order chi connectivity index (χ0) is 38.1. The van der Waals surface area contributed by atoms with Crippen LogP contribution in [-0.2, 0) is 44.7 Å². The van der Waals surface area contributed by atoms with Crippen LogP contribution in [0.1, 0.15) is 110 Å². The van der Waals surface area contributed by atoms with E-state index in [0.717, 1.165) is 59.0 Å². The normalized spacial score (nSPS) is 13.2. The molecule has 0 radical (unpaired) electrons. The molecule has 3 N–H and O–H groups in total. The number of carbonyl (C=O) groups is 6. The number of nitrogens with one attached hydrogen (secondary N) is 1. The number of carbonyl (C=O) groups excluding carboxylic acids is 5. The number of benzene rings is 1. The minimum Gasteiger partial charge on any atom is -0.481 e. The Hall–Kier alpha value is -4.50. The average Bonchev–Trinajstić information content (AvgIpc) is 3.09. The number of methoxy groups -OCH3 is 1. The third kappa shape index (κ3) is 18.3. The minimum absolute atomic E-state index is 0.0442. The maximum Gasteiger partial charge on any atom is 0.337 e. The summed E-state index contributed by atoms with van der Waals surface area (Å²) in [6.07, 6.45) is 11.6. The molecular formula is C39H55NO11. The summed E-state index contributed by atoms with van der Waals surface area (Å²) in [6, 6.07) is 5.40. The van der Waals surface area contributed by atoms with Gasteiger partial charge in [0.05, 0.1) is 19.4 Å². The summed E-state index contributed by atoms with van der Waals surface area (Å²) < 4.78 is 15.2. The topological polar surface area (TPSA) is 183 Å². The number of carboxylic acid groups (broad SMARTS) is 1. The van der Waals surface area contributed by atoms with Crippen LogP contribution in [0.25, 0.3) is 0 Å². The van der Waals surface area contributed by atoms with Gasteiger partial charge in [-0.05, 0) is 57.2 Å². The van der Waals surface area contributed by atoms with Gasteiger partial charge in [0.25, 0.3) is 0 Å². The molecule has 0 aliphatic heterocycles. The number of unbranched alkanes of at least 4 members (excludes halogenated alkanes) is 8. The molecule has 1 aromatic rings. The molecule has 0 bridgehead atoms. The lowest BCUT2D eigenvalue weighted by Gasteiger charge is -2.30. The first kappa shape index (κ1) is 44.5. The smallest absolute Gasteiger partial charge is 0.337 e. The van der Waals surface area contributed by atoms with Gasteiger partial charge in [0.2, 0.25) is 5.91 Å². The van der Waals surface area contributed by atoms with Crippen LogP contribution in [-0.4, -0.2) is 77.6 Å². The summed E-state index contributed by atoms with van der Waals surface area (Å²) in [5.41, 5.74) is -2.37. The first-order valence-electron chi connectivity index (χ1n) is 17.7. The number of aliphatic carboxylic acids is 1. The monoisotopic (exact) mass is 713 g/mol. The molecule has 3 atom stereocenters. The molecule has 0 aliphatic carbocycles. The zero-order valence-electron chi connectivity index (χ0n) is 30.5. The van der Waals surface area contributed by atoms with Crippen LogP contribution >= 0.6 is 0 Å². The maximum atomic E-state index is 13.7. The molecule has 12 nitrogen and oxygen atoms in total. The lowest BCUT2D eigenvalue weighted by atomic mass is 9.82. The van der Waals surface area contributed by atoms with Gasteiger partial charge < -0.3 is 29.7 Å². The quantitative estimate of drug-likeness (QED) is 0.0479. The van der Waals surface area contributed by atoms with E-state index < -0.39 is 60.2 Å². The average molecular weight is 714 g/mol. The third-order valence-electron chi connectivity index (χ3n) is 8.13. The number of amides is 1. The van der Waals surface area contributed by atoms with E-state index in [-0.39, 0.29) is 18.8 Å². The fraction of sp³-hybridized carbons (Fsp3) is 0.590. The van der Waals surface area contributed by atoms with Crippen molar-refractivity contribution in [3.63, 3.8) is 0 Å². The van der Waals surface area contributed by atoms with Crippen molar-refractivity contribution in [1.29, 1.82) is 0 Å². The van der Waals surface area contributed by atoms with E-state index in [1.165, 1.54) is 18.6 Å². The van der Waals surface area contributed by atoms with Crippen LogP contribution in [0.2, 0.25) is 0 Å². The Morgan fingerprint density at radius 2 is 1.57 bits per heavy atom. The van der Waals surface area contributed by atoms with Crippen molar-refractivity contribution >= 4 is 35.4 Å². The standard InChI is InChI=1S/C39H55NO11/c1-5-7-9-12-15-18-31(42)19-16-13-10-11-14-17-20-33(39(48,38(46)47)27-35(43)51-28-29(3)41)36(44)40-34(37(45)49-4)26-30-21-23-32(24-22-30)50-25-8-6-2/h17,20-24,33-34,48H,5,7,9-16,18-19,25-28H2,1-4H3,(H,40,44)(H,46,47)/b20-17+/t33-,34+,39+/m1/s1. The maximum absolute atomic E-state index is 13.7. The van der Waals surface area contributed by atoms with Gasteiger partial charge in [0, 0.05) is 19.3 Å². The molecule has 0 heterocycles. The molecule has 0 aromatic heterocycles. The minimum atomic E-state index is -2.98. The highest BCUT2D eigenvalue weighted by atomic mass is 16.5. The van der Waals surface area contributed by atoms with E-state index in [1.807, 2.05) is 0 Å². The van der Waals surface area contributed by atoms with Crippen LogP contribution in [0.5, 0.6) is 5.75 Å². The Balaban J connectivity index is 3.04. The predicted molar refractivity (Wildman–Crippen MR) is 191 cm³/mol. The van der Waals surface area contributed by atoms with Gasteiger partial charge in [-0.3, -0.25) is 19.2 Å². The molecule has 0 saturated heterocycles. The fourth-order valence-electron chi connectivity index (χ4n) is 5.20. The highest BCUT2D eigenvalue weighted by Gasteiger charge is 2.49. The van der Waals surface area contributed by atoms with E-state index in [1.54, 1.807) is 31.2 Å². The lowest BCUT2D eigenvalue weighted by molar-refractivity contribution is -0.174. The van der Waals surface area contributed by atoms with Gasteiger partial charge in [-0.25, -0.2) is 9.59 Å². The molecule has 1 amide bonds. The van der Waals surface area contributed by atoms with Gasteiger partial charge >= 0.3 is 17.9 Å². The first-order valence-corrected chi connectivity index (χ1v) is 17.7. The first-order chi connectivity index (χ1) is 24.4. The Bertz CT molecular complexity index is 1360. The SMILES string of the molecule is CC#CCOc1ccc(C[C@H](NC(=O)[C@@H](/C=C/CCCCCCC(=O)CCCCCCC)[C@@](O)(CC(=O)OCC(C)=O)C(=O)O)C(=O)OC)cc1. The van der Waals surface area contributed by atoms with Crippen LogP contribution < -0.4 is 10.1 Å². The summed E-state index contributed by atoms with van der Waals surface area (Å²) in [6.45, 7) is 4.57. The number of esters is 2. The van der Waals surface area contributed by atoms with E-state index in [0.29, 0.717) is 37.0 Å². The third-order valence-corrected chi connectivity index (χ3v) is 8.13. The molecule has 1 rings (SSSR count). The lowest BCUT2D eigenvalue weighted by Crippen LogP contribution is -2.55. The molecule has 0 fully saturated rings. The number of rotatable bonds is 27. The van der Waals surface area contributed by atoms with E-state index in [2.05, 4.69) is 24.1 Å². The number of hydrogen-bond acceptors (Lipinski definition) is 10. The summed E-state index contributed by atoms with van der Waals surface area (Å²) in [7, 11) is 1.13. The second kappa shape index (κ2) is 25.5. The van der Waals surface area contributed by atoms with Gasteiger partial charge in [0.1, 0.15) is 30.8 Å². The van der Waals surface area contributed by atoms with Crippen molar-refractivity contribution in [1.82, 2.24) is 5.32 Å². The number of aliphatic hydroxyl groups is 1. The fourth-order valence-corrected chi connectivity index (χ4v) is 5.20. The molecule has 0 aliphatic rings. The molecule has 282 valence electrons. The van der Waals surface area contributed by atoms with E-state index in [9.17, 15) is 39.0 Å². The van der Waals surface area contributed by atoms with Crippen molar-refractivity contribution in [3.05, 3.63) is 42.0 Å². The van der Waals surface area contributed by atoms with Crippen molar-refractivity contribution in [2.45, 2.75) is 122 Å². The molecule has 0 unspecified atom stereocenters. The Labute approximate surface area is 301 Å². The molecule has 51 heavy (non-hydrogen) atoms. The van der Waals surface area contributed by atoms with Crippen LogP contribution in [0.3, 0.4) is 0 Å². The molecular weight excluding hydrogens is 658 g/mol. The number of allylic oxidation sites excluding steroid dienone is 1. The second-order valence-electron chi connectivity index (χ2n) is 12.5. The van der Waals surface area contributed by atoms with Crippen LogP contribution in [0.4, 0.5) is 0 Å². The van der Waals surface area contributed by atoms with Crippen LogP contribution in [0, 0.1) is 17.8 Å². The largest absolute Gasteiger partial charge is 0.481 e. The van der Waals surface area contributed by atoms with Crippen molar-refractivity contribution in [2.24, 2.45) is 5.92 Å². The Kier molecular flexibility index (Phi) is 22.2. The summed E-state index contributed by atoms with van der Waals surface area (Å²) in [5, 5.41) is 23.9. The summed E-state index contributed by atoms with van der Waals surface area (Å²) in [4.78, 5) is 74.8. The number of Topliss-reactive ketones (excluding diaryl/α,β-unsaturated/α-hetero) is 2. The molecule has 1 aromatic carbocycles. The van der Waals surface area contributed by atoms with Crippen LogP contribution in [0.15, 0.2) is 36.4 Å². The number of carboxylic acids is 1.